The van der Waals surface area contributed by atoms with Gasteiger partial charge in [0.05, 0.1) is 41.6 Å². The molecule has 0 aromatic heterocycles. The molecule has 1 aliphatic heterocycles. The molecule has 0 saturated heterocycles. The molecule has 41 heavy (non-hydrogen) atoms. The van der Waals surface area contributed by atoms with Gasteiger partial charge < -0.3 is 9.47 Å². The molecule has 0 bridgehead atoms. The molecule has 3 rings (SSSR count). The molecule has 1 heterocycles. The molecule has 15 heteroatoms. The first-order valence-electron chi connectivity index (χ1n) is 12.3. The summed E-state index contributed by atoms with van der Waals surface area (Å²) in [6.45, 7) is 3.21. The van der Waals surface area contributed by atoms with Crippen molar-refractivity contribution in [2.45, 2.75) is 64.3 Å². The minimum atomic E-state index is -5.17. The number of benzene rings is 2. The van der Waals surface area contributed by atoms with Crippen LogP contribution in [-0.2, 0) is 34.5 Å². The van der Waals surface area contributed by atoms with E-state index in [0.29, 0.717) is 24.3 Å². The van der Waals surface area contributed by atoms with Crippen molar-refractivity contribution in [2.75, 3.05) is 18.1 Å². The number of halogens is 9. The maximum atomic E-state index is 13.7. The minimum absolute atomic E-state index is 0.0620. The van der Waals surface area contributed by atoms with Gasteiger partial charge in [0.25, 0.3) is 0 Å². The van der Waals surface area contributed by atoms with Gasteiger partial charge in [0.1, 0.15) is 0 Å². The van der Waals surface area contributed by atoms with Crippen LogP contribution in [0.2, 0.25) is 0 Å². The zero-order valence-electron chi connectivity index (χ0n) is 21.9. The highest BCUT2D eigenvalue weighted by molar-refractivity contribution is 5.90. The first kappa shape index (κ1) is 31.9. The average Bonchev–Trinajstić information content (AvgIpc) is 2.85. The van der Waals surface area contributed by atoms with E-state index in [4.69, 9.17) is 9.47 Å². The summed E-state index contributed by atoms with van der Waals surface area (Å²) in [4.78, 5) is 27.6. The van der Waals surface area contributed by atoms with Crippen LogP contribution in [-0.4, -0.2) is 36.3 Å². The Bertz CT molecular complexity index is 1240. The molecule has 0 saturated carbocycles. The van der Waals surface area contributed by atoms with Crippen LogP contribution in [0.4, 0.5) is 54.8 Å². The summed E-state index contributed by atoms with van der Waals surface area (Å²) in [6, 6.07) is 0.992. The Labute approximate surface area is 228 Å². The lowest BCUT2D eigenvalue weighted by atomic mass is 9.89. The fraction of sp³-hybridized carbons (Fsp3) is 0.462. The molecule has 0 fully saturated rings. The fourth-order valence-electron chi connectivity index (χ4n) is 4.59. The van der Waals surface area contributed by atoms with E-state index in [9.17, 15) is 49.1 Å². The summed E-state index contributed by atoms with van der Waals surface area (Å²) in [6.07, 6.45) is -17.5. The van der Waals surface area contributed by atoms with Crippen LogP contribution in [0.15, 0.2) is 36.4 Å². The number of ether oxygens (including phenoxy) is 2. The second kappa shape index (κ2) is 11.7. The number of amides is 2. The topological polar surface area (TPSA) is 59.1 Å². The molecule has 0 spiro atoms. The van der Waals surface area contributed by atoms with Crippen molar-refractivity contribution in [3.8, 4) is 0 Å². The third-order valence-electron chi connectivity index (χ3n) is 6.32. The Morgan fingerprint density at radius 3 is 1.85 bits per heavy atom. The maximum Gasteiger partial charge on any atom is 0.416 e. The average molecular weight is 600 g/mol. The van der Waals surface area contributed by atoms with Crippen molar-refractivity contribution in [1.82, 2.24) is 4.90 Å². The Hall–Kier alpha value is -3.65. The summed E-state index contributed by atoms with van der Waals surface area (Å²) in [5, 5.41) is 0. The largest absolute Gasteiger partial charge is 0.450 e. The van der Waals surface area contributed by atoms with Crippen molar-refractivity contribution in [3.05, 3.63) is 64.2 Å². The smallest absolute Gasteiger partial charge is 0.416 e. The number of nitrogens with zero attached hydrogens (tertiary/aromatic N) is 2. The van der Waals surface area contributed by atoms with E-state index in [2.05, 4.69) is 0 Å². The maximum absolute atomic E-state index is 13.7. The molecule has 1 aliphatic rings. The van der Waals surface area contributed by atoms with E-state index in [0.717, 1.165) is 15.9 Å². The zero-order valence-corrected chi connectivity index (χ0v) is 21.9. The molecule has 0 aliphatic carbocycles. The van der Waals surface area contributed by atoms with Gasteiger partial charge in [-0.15, -0.1) is 0 Å². The first-order chi connectivity index (χ1) is 18.9. The van der Waals surface area contributed by atoms with Crippen LogP contribution in [0, 0.1) is 0 Å². The van der Waals surface area contributed by atoms with Crippen LogP contribution < -0.4 is 4.90 Å². The van der Waals surface area contributed by atoms with Crippen molar-refractivity contribution in [3.63, 3.8) is 0 Å². The second-order valence-corrected chi connectivity index (χ2v) is 9.18. The molecule has 0 radical (unpaired) electrons. The summed E-state index contributed by atoms with van der Waals surface area (Å²) in [7, 11) is 0. The monoisotopic (exact) mass is 600 g/mol. The third kappa shape index (κ3) is 7.17. The number of rotatable bonds is 5. The summed E-state index contributed by atoms with van der Waals surface area (Å²) in [5.41, 5.74) is -5.29. The highest BCUT2D eigenvalue weighted by Crippen LogP contribution is 2.45. The Morgan fingerprint density at radius 1 is 0.829 bits per heavy atom. The Balaban J connectivity index is 2.22. The van der Waals surface area contributed by atoms with E-state index >= 15 is 0 Å². The number of hydrogen-bond acceptors (Lipinski definition) is 4. The normalized spacial score (nSPS) is 17.6. The predicted molar refractivity (Wildman–Crippen MR) is 127 cm³/mol. The minimum Gasteiger partial charge on any atom is -0.450 e. The molecule has 6 nitrogen and oxygen atoms in total. The van der Waals surface area contributed by atoms with Gasteiger partial charge in [-0.05, 0) is 74.7 Å². The van der Waals surface area contributed by atoms with Crippen molar-refractivity contribution < 1.29 is 58.6 Å². The lowest BCUT2D eigenvalue weighted by molar-refractivity contribution is -0.143. The van der Waals surface area contributed by atoms with E-state index in [1.165, 1.54) is 20.8 Å². The fourth-order valence-corrected chi connectivity index (χ4v) is 4.59. The van der Waals surface area contributed by atoms with Gasteiger partial charge in [-0.2, -0.15) is 39.5 Å². The third-order valence-corrected chi connectivity index (χ3v) is 6.32. The summed E-state index contributed by atoms with van der Waals surface area (Å²) < 4.78 is 132. The van der Waals surface area contributed by atoms with Crippen molar-refractivity contribution in [1.29, 1.82) is 0 Å². The zero-order chi connectivity index (χ0) is 30.9. The second-order valence-electron chi connectivity index (χ2n) is 9.18. The van der Waals surface area contributed by atoms with Gasteiger partial charge in [-0.1, -0.05) is 0 Å². The number of anilines is 1. The van der Waals surface area contributed by atoms with Crippen molar-refractivity contribution >= 4 is 17.9 Å². The van der Waals surface area contributed by atoms with E-state index in [1.54, 1.807) is 0 Å². The number of alkyl halides is 9. The van der Waals surface area contributed by atoms with Crippen LogP contribution in [0.5, 0.6) is 0 Å². The van der Waals surface area contributed by atoms with E-state index in [-0.39, 0.29) is 37.0 Å². The quantitative estimate of drug-likeness (QED) is 0.325. The number of carbonyl (C=O) groups excluding carboxylic acids is 2. The molecule has 2 aromatic rings. The van der Waals surface area contributed by atoms with Gasteiger partial charge in [-0.25, -0.2) is 9.59 Å². The SMILES string of the molecule is CCOC(=O)N(Cc1cc(C(F)(F)F)cc(C(F)(F)F)c1)[C@@H]1C[C@H](C)N(C(=O)OCC)c2ccc(C(F)(F)F)cc21. The molecule has 2 aromatic carbocycles. The predicted octanol–water partition coefficient (Wildman–Crippen LogP) is 8.20. The van der Waals surface area contributed by atoms with Gasteiger partial charge in [0.2, 0.25) is 0 Å². The lowest BCUT2D eigenvalue weighted by Gasteiger charge is -2.42. The van der Waals surface area contributed by atoms with Gasteiger partial charge >= 0.3 is 30.7 Å². The Morgan fingerprint density at radius 2 is 1.37 bits per heavy atom. The standard InChI is InChI=1S/C26H25F9N2O4/c1-4-40-22(38)36(13-15-9-17(25(30,31)32)11-18(10-15)26(33,34)35)21-8-14(3)37(23(39)41-5-2)20-7-6-16(12-19(20)21)24(27,28)29/h6-7,9-12,14,21H,4-5,8,13H2,1-3H3/t14-,21+/m0/s1. The van der Waals surface area contributed by atoms with Crippen LogP contribution in [0.1, 0.15) is 61.1 Å². The number of carbonyl (C=O) groups is 2. The molecule has 0 unspecified atom stereocenters. The van der Waals surface area contributed by atoms with Crippen LogP contribution >= 0.6 is 0 Å². The highest BCUT2D eigenvalue weighted by atomic mass is 19.4. The van der Waals surface area contributed by atoms with Crippen LogP contribution in [0.25, 0.3) is 0 Å². The van der Waals surface area contributed by atoms with E-state index in [1.807, 2.05) is 0 Å². The summed E-state index contributed by atoms with van der Waals surface area (Å²) in [5.74, 6) is 0. The molecule has 226 valence electrons. The van der Waals surface area contributed by atoms with Crippen LogP contribution in [0.3, 0.4) is 0 Å². The molecule has 0 N–H and O–H groups in total. The van der Waals surface area contributed by atoms with Crippen molar-refractivity contribution in [2.24, 2.45) is 0 Å². The highest BCUT2D eigenvalue weighted by Gasteiger charge is 2.42. The molecular formula is C26H25F9N2O4. The number of fused-ring (bicyclic) bond motifs is 1. The molecular weight excluding hydrogens is 575 g/mol. The van der Waals surface area contributed by atoms with Gasteiger partial charge in [-0.3, -0.25) is 9.80 Å². The Kier molecular flexibility index (Phi) is 9.08. The van der Waals surface area contributed by atoms with E-state index < -0.39 is 71.6 Å². The lowest BCUT2D eigenvalue weighted by Crippen LogP contribution is -2.48. The van der Waals surface area contributed by atoms with Gasteiger partial charge in [0.15, 0.2) is 0 Å². The summed E-state index contributed by atoms with van der Waals surface area (Å²) >= 11 is 0. The molecule has 2 atom stereocenters. The molecule has 2 amide bonds. The first-order valence-corrected chi connectivity index (χ1v) is 12.3. The number of hydrogen-bond donors (Lipinski definition) is 0. The van der Waals surface area contributed by atoms with Gasteiger partial charge in [0, 0.05) is 12.6 Å².